The fourth-order valence-electron chi connectivity index (χ4n) is 2.66. The van der Waals surface area contributed by atoms with Gasteiger partial charge in [-0.2, -0.15) is 0 Å². The van der Waals surface area contributed by atoms with Crippen LogP contribution in [0.25, 0.3) is 10.9 Å². The van der Waals surface area contributed by atoms with Crippen molar-refractivity contribution in [2.45, 2.75) is 25.3 Å². The summed E-state index contributed by atoms with van der Waals surface area (Å²) in [6.07, 6.45) is 3.20. The molecule has 2 aromatic rings. The van der Waals surface area contributed by atoms with Crippen LogP contribution in [-0.2, 0) is 12.8 Å². The van der Waals surface area contributed by atoms with Gasteiger partial charge in [0.15, 0.2) is 0 Å². The standard InChI is InChI=1S/C13H14IN3O/c14-17-8-2-4-12-10(6-8)9-5-7(13(15)18)1-3-11(9)16-12/h1,3,5,8,16-17H,2,4,6H2,(H2,15,18)/t8-/m1/s1. The number of aromatic amines is 1. The number of H-pyrrole nitrogens is 1. The first kappa shape index (κ1) is 12.0. The van der Waals surface area contributed by atoms with Crippen LogP contribution in [0, 0.1) is 0 Å². The van der Waals surface area contributed by atoms with Gasteiger partial charge in [0.25, 0.3) is 0 Å². The highest BCUT2D eigenvalue weighted by Crippen LogP contribution is 2.30. The Kier molecular flexibility index (Phi) is 3.03. The first-order valence-electron chi connectivity index (χ1n) is 5.98. The lowest BCUT2D eigenvalue weighted by Crippen LogP contribution is -2.27. The van der Waals surface area contributed by atoms with Crippen LogP contribution in [0.2, 0.25) is 0 Å². The molecule has 5 heteroatoms. The normalized spacial score (nSPS) is 18.8. The van der Waals surface area contributed by atoms with Gasteiger partial charge in [0.1, 0.15) is 0 Å². The van der Waals surface area contributed by atoms with E-state index in [2.05, 4.69) is 31.4 Å². The minimum Gasteiger partial charge on any atom is -0.366 e. The number of aryl methyl sites for hydroxylation is 1. The highest BCUT2D eigenvalue weighted by Gasteiger charge is 2.22. The Morgan fingerprint density at radius 1 is 1.50 bits per heavy atom. The molecule has 0 spiro atoms. The van der Waals surface area contributed by atoms with E-state index in [1.54, 1.807) is 6.07 Å². The largest absolute Gasteiger partial charge is 0.366 e. The molecule has 0 unspecified atom stereocenters. The molecule has 3 rings (SSSR count). The number of fused-ring (bicyclic) bond motifs is 3. The predicted octanol–water partition coefficient (Wildman–Crippen LogP) is 2.06. The number of nitrogens with one attached hydrogen (secondary N) is 2. The van der Waals surface area contributed by atoms with Gasteiger partial charge in [-0.25, -0.2) is 0 Å². The maximum absolute atomic E-state index is 11.3. The van der Waals surface area contributed by atoms with Crippen molar-refractivity contribution in [1.82, 2.24) is 8.51 Å². The second-order valence-corrected chi connectivity index (χ2v) is 5.38. The molecule has 1 atom stereocenters. The number of hydrogen-bond acceptors (Lipinski definition) is 2. The van der Waals surface area contributed by atoms with Gasteiger partial charge in [0.2, 0.25) is 5.91 Å². The molecule has 1 amide bonds. The van der Waals surface area contributed by atoms with Crippen LogP contribution < -0.4 is 9.26 Å². The van der Waals surface area contributed by atoms with Crippen LogP contribution in [0.5, 0.6) is 0 Å². The molecule has 4 nitrogen and oxygen atoms in total. The van der Waals surface area contributed by atoms with Gasteiger partial charge in [-0.15, -0.1) is 0 Å². The Morgan fingerprint density at radius 2 is 2.33 bits per heavy atom. The smallest absolute Gasteiger partial charge is 0.248 e. The zero-order valence-corrected chi connectivity index (χ0v) is 12.0. The lowest BCUT2D eigenvalue weighted by atomic mass is 9.92. The third-order valence-electron chi connectivity index (χ3n) is 3.63. The minimum absolute atomic E-state index is 0.369. The SMILES string of the molecule is NC(=O)c1ccc2[nH]c3c(c2c1)C[C@H](NI)CC3. The van der Waals surface area contributed by atoms with E-state index in [1.807, 2.05) is 12.1 Å². The third-order valence-corrected chi connectivity index (χ3v) is 4.51. The van der Waals surface area contributed by atoms with Crippen LogP contribution in [-0.4, -0.2) is 16.9 Å². The molecule has 1 aromatic carbocycles. The van der Waals surface area contributed by atoms with E-state index in [0.29, 0.717) is 11.6 Å². The Hall–Kier alpha value is -1.08. The molecule has 0 bridgehead atoms. The Bertz CT molecular complexity index is 620. The summed E-state index contributed by atoms with van der Waals surface area (Å²) < 4.78 is 3.30. The Labute approximate surface area is 119 Å². The van der Waals surface area contributed by atoms with Gasteiger partial charge in [0.05, 0.1) is 0 Å². The van der Waals surface area contributed by atoms with Crippen molar-refractivity contribution >= 4 is 39.7 Å². The first-order valence-corrected chi connectivity index (χ1v) is 7.06. The molecule has 0 aliphatic heterocycles. The van der Waals surface area contributed by atoms with Crippen LogP contribution in [0.3, 0.4) is 0 Å². The number of halogens is 1. The lowest BCUT2D eigenvalue weighted by molar-refractivity contribution is 0.100. The summed E-state index contributed by atoms with van der Waals surface area (Å²) in [5.41, 5.74) is 9.64. The summed E-state index contributed by atoms with van der Waals surface area (Å²) in [5.74, 6) is -0.369. The second kappa shape index (κ2) is 4.55. The molecule has 18 heavy (non-hydrogen) atoms. The number of amides is 1. The molecule has 0 saturated carbocycles. The fraction of sp³-hybridized carbons (Fsp3) is 0.308. The number of rotatable bonds is 2. The van der Waals surface area contributed by atoms with Gasteiger partial charge in [-0.05, 0) is 43.0 Å². The molecule has 1 heterocycles. The average molecular weight is 355 g/mol. The molecular formula is C13H14IN3O. The van der Waals surface area contributed by atoms with Crippen molar-refractivity contribution < 1.29 is 4.79 Å². The van der Waals surface area contributed by atoms with Crippen molar-refractivity contribution in [2.24, 2.45) is 5.73 Å². The quantitative estimate of drug-likeness (QED) is 0.570. The molecule has 0 radical (unpaired) electrons. The van der Waals surface area contributed by atoms with Crippen LogP contribution in [0.1, 0.15) is 28.0 Å². The molecule has 0 saturated heterocycles. The second-order valence-electron chi connectivity index (χ2n) is 4.76. The molecule has 1 aliphatic carbocycles. The highest BCUT2D eigenvalue weighted by molar-refractivity contribution is 14.1. The van der Waals surface area contributed by atoms with Crippen LogP contribution in [0.4, 0.5) is 0 Å². The molecule has 94 valence electrons. The molecule has 1 aromatic heterocycles. The summed E-state index contributed by atoms with van der Waals surface area (Å²) in [7, 11) is 0. The van der Waals surface area contributed by atoms with Crippen LogP contribution in [0.15, 0.2) is 18.2 Å². The molecule has 1 aliphatic rings. The minimum atomic E-state index is -0.369. The lowest BCUT2D eigenvalue weighted by Gasteiger charge is -2.20. The van der Waals surface area contributed by atoms with E-state index in [4.69, 9.17) is 5.73 Å². The Balaban J connectivity index is 2.14. The summed E-state index contributed by atoms with van der Waals surface area (Å²) in [6, 6.07) is 6.14. The van der Waals surface area contributed by atoms with Gasteiger partial charge in [-0.1, -0.05) is 0 Å². The van der Waals surface area contributed by atoms with Gasteiger partial charge in [-0.3, -0.25) is 8.32 Å². The van der Waals surface area contributed by atoms with E-state index in [0.717, 1.165) is 30.2 Å². The number of benzene rings is 1. The first-order chi connectivity index (χ1) is 8.69. The van der Waals surface area contributed by atoms with Crippen molar-refractivity contribution in [1.29, 1.82) is 0 Å². The highest BCUT2D eigenvalue weighted by atomic mass is 127. The van der Waals surface area contributed by atoms with E-state index >= 15 is 0 Å². The summed E-state index contributed by atoms with van der Waals surface area (Å²) in [6.45, 7) is 0. The number of primary amides is 1. The zero-order chi connectivity index (χ0) is 12.7. The van der Waals surface area contributed by atoms with Crippen molar-refractivity contribution in [2.75, 3.05) is 0 Å². The van der Waals surface area contributed by atoms with Crippen LogP contribution >= 0.6 is 22.9 Å². The van der Waals surface area contributed by atoms with E-state index in [1.165, 1.54) is 11.3 Å². The maximum atomic E-state index is 11.3. The van der Waals surface area contributed by atoms with Crippen molar-refractivity contribution in [3.63, 3.8) is 0 Å². The number of carbonyl (C=O) groups excluding carboxylic acids is 1. The van der Waals surface area contributed by atoms with E-state index in [-0.39, 0.29) is 5.91 Å². The monoisotopic (exact) mass is 355 g/mol. The summed E-state index contributed by atoms with van der Waals surface area (Å²) in [5, 5.41) is 1.14. The Morgan fingerprint density at radius 3 is 3.06 bits per heavy atom. The number of nitrogens with two attached hydrogens (primary N) is 1. The van der Waals surface area contributed by atoms with Gasteiger partial charge < -0.3 is 10.7 Å². The fourth-order valence-corrected chi connectivity index (χ4v) is 3.20. The van der Waals surface area contributed by atoms with Gasteiger partial charge >= 0.3 is 0 Å². The molecule has 4 N–H and O–H groups in total. The number of hydrogen-bond donors (Lipinski definition) is 3. The van der Waals surface area contributed by atoms with Crippen molar-refractivity contribution in [3.05, 3.63) is 35.0 Å². The van der Waals surface area contributed by atoms with E-state index in [9.17, 15) is 4.79 Å². The summed E-state index contributed by atoms with van der Waals surface area (Å²) in [4.78, 5) is 14.7. The zero-order valence-electron chi connectivity index (χ0n) is 9.79. The van der Waals surface area contributed by atoms with Crippen molar-refractivity contribution in [3.8, 4) is 0 Å². The van der Waals surface area contributed by atoms with E-state index < -0.39 is 0 Å². The molecule has 0 fully saturated rings. The topological polar surface area (TPSA) is 70.9 Å². The number of aromatic nitrogens is 1. The van der Waals surface area contributed by atoms with Gasteiger partial charge in [0, 0.05) is 51.1 Å². The maximum Gasteiger partial charge on any atom is 0.248 e. The third kappa shape index (κ3) is 1.91. The predicted molar refractivity (Wildman–Crippen MR) is 79.8 cm³/mol. The molecular weight excluding hydrogens is 341 g/mol. The average Bonchev–Trinajstić information content (AvgIpc) is 2.75. The summed E-state index contributed by atoms with van der Waals surface area (Å²) >= 11 is 2.21. The number of carbonyl (C=O) groups is 1.